The Balaban J connectivity index is 1.59. The van der Waals surface area contributed by atoms with Gasteiger partial charge in [0.15, 0.2) is 0 Å². The second-order valence-corrected chi connectivity index (χ2v) is 5.82. The summed E-state index contributed by atoms with van der Waals surface area (Å²) in [4.78, 5) is 16.4. The monoisotopic (exact) mass is 284 g/mol. The average molecular weight is 284 g/mol. The number of hydrogen-bond donors (Lipinski definition) is 2. The summed E-state index contributed by atoms with van der Waals surface area (Å²) in [5, 5.41) is 9.83. The molecule has 1 atom stereocenters. The van der Waals surface area contributed by atoms with Gasteiger partial charge in [-0.15, -0.1) is 5.10 Å². The molecule has 1 aliphatic rings. The standard InChI is InChI=1S/C16H20N4O/c1-10-5-3-4-6-13(10)9-11(2)17-16(21)15-18-14(19-20-15)12-7-8-12/h3-6,11-12H,7-9H2,1-2H3,(H,17,21)(H,18,19,20). The molecule has 0 bridgehead atoms. The van der Waals surface area contributed by atoms with Gasteiger partial charge in [0.25, 0.3) is 5.91 Å². The lowest BCUT2D eigenvalue weighted by molar-refractivity contribution is 0.0930. The third kappa shape index (κ3) is 3.29. The molecule has 1 saturated carbocycles. The summed E-state index contributed by atoms with van der Waals surface area (Å²) < 4.78 is 0. The van der Waals surface area contributed by atoms with Crippen molar-refractivity contribution >= 4 is 5.91 Å². The minimum absolute atomic E-state index is 0.0430. The van der Waals surface area contributed by atoms with Crippen molar-refractivity contribution in [1.29, 1.82) is 0 Å². The van der Waals surface area contributed by atoms with Crippen LogP contribution in [0.2, 0.25) is 0 Å². The van der Waals surface area contributed by atoms with Crippen LogP contribution in [0.4, 0.5) is 0 Å². The quantitative estimate of drug-likeness (QED) is 0.885. The van der Waals surface area contributed by atoms with E-state index in [4.69, 9.17) is 0 Å². The Morgan fingerprint density at radius 2 is 2.19 bits per heavy atom. The number of nitrogens with one attached hydrogen (secondary N) is 2. The molecule has 0 aliphatic heterocycles. The highest BCUT2D eigenvalue weighted by Crippen LogP contribution is 2.37. The summed E-state index contributed by atoms with van der Waals surface area (Å²) in [6.07, 6.45) is 3.08. The fraction of sp³-hybridized carbons (Fsp3) is 0.438. The zero-order valence-electron chi connectivity index (χ0n) is 12.4. The van der Waals surface area contributed by atoms with Crippen molar-refractivity contribution in [2.75, 3.05) is 0 Å². The van der Waals surface area contributed by atoms with Crippen molar-refractivity contribution in [2.45, 2.75) is 45.1 Å². The Morgan fingerprint density at radius 3 is 2.90 bits per heavy atom. The normalized spacial score (nSPS) is 15.7. The number of H-pyrrole nitrogens is 1. The van der Waals surface area contributed by atoms with Gasteiger partial charge in [-0.2, -0.15) is 0 Å². The van der Waals surface area contributed by atoms with Crippen LogP contribution in [0.5, 0.6) is 0 Å². The van der Waals surface area contributed by atoms with E-state index in [0.717, 1.165) is 25.1 Å². The molecular formula is C16H20N4O. The third-order valence-corrected chi connectivity index (χ3v) is 3.83. The van der Waals surface area contributed by atoms with Crippen LogP contribution >= 0.6 is 0 Å². The first-order valence-corrected chi connectivity index (χ1v) is 7.41. The van der Waals surface area contributed by atoms with E-state index >= 15 is 0 Å². The number of nitrogens with zero attached hydrogens (tertiary/aromatic N) is 2. The first-order chi connectivity index (χ1) is 10.1. The summed E-state index contributed by atoms with van der Waals surface area (Å²) in [6.45, 7) is 4.08. The lowest BCUT2D eigenvalue weighted by Crippen LogP contribution is -2.34. The Bertz CT molecular complexity index is 645. The molecule has 5 heteroatoms. The summed E-state index contributed by atoms with van der Waals surface area (Å²) in [7, 11) is 0. The van der Waals surface area contributed by atoms with Gasteiger partial charge < -0.3 is 5.32 Å². The van der Waals surface area contributed by atoms with Gasteiger partial charge in [0.1, 0.15) is 5.82 Å². The van der Waals surface area contributed by atoms with Gasteiger partial charge in [0, 0.05) is 12.0 Å². The van der Waals surface area contributed by atoms with Crippen molar-refractivity contribution in [1.82, 2.24) is 20.5 Å². The minimum Gasteiger partial charge on any atom is -0.346 e. The Kier molecular flexibility index (Phi) is 3.73. The highest BCUT2D eigenvalue weighted by atomic mass is 16.2. The predicted molar refractivity (Wildman–Crippen MR) is 80.2 cm³/mol. The molecule has 21 heavy (non-hydrogen) atoms. The number of hydrogen-bond acceptors (Lipinski definition) is 3. The number of benzene rings is 1. The molecule has 1 aliphatic carbocycles. The molecule has 0 radical (unpaired) electrons. The summed E-state index contributed by atoms with van der Waals surface area (Å²) in [5.41, 5.74) is 2.49. The molecule has 1 fully saturated rings. The molecule has 5 nitrogen and oxygen atoms in total. The highest BCUT2D eigenvalue weighted by Gasteiger charge is 2.28. The molecule has 110 valence electrons. The molecule has 0 saturated heterocycles. The second kappa shape index (κ2) is 5.68. The summed E-state index contributed by atoms with van der Waals surface area (Å²) >= 11 is 0. The van der Waals surface area contributed by atoms with Crippen LogP contribution in [-0.4, -0.2) is 27.1 Å². The van der Waals surface area contributed by atoms with Crippen molar-refractivity contribution in [3.63, 3.8) is 0 Å². The molecule has 1 unspecified atom stereocenters. The molecule has 2 aromatic rings. The zero-order valence-corrected chi connectivity index (χ0v) is 12.4. The molecule has 1 aromatic carbocycles. The van der Waals surface area contributed by atoms with E-state index in [2.05, 4.69) is 39.6 Å². The second-order valence-electron chi connectivity index (χ2n) is 5.82. The van der Waals surface area contributed by atoms with E-state index in [1.165, 1.54) is 11.1 Å². The van der Waals surface area contributed by atoms with Crippen LogP contribution in [-0.2, 0) is 6.42 Å². The zero-order chi connectivity index (χ0) is 14.8. The minimum atomic E-state index is -0.209. The van der Waals surface area contributed by atoms with E-state index in [1.54, 1.807) is 0 Å². The summed E-state index contributed by atoms with van der Waals surface area (Å²) in [5.74, 6) is 1.35. The van der Waals surface area contributed by atoms with Gasteiger partial charge in [-0.05, 0) is 44.2 Å². The topological polar surface area (TPSA) is 70.7 Å². The first-order valence-electron chi connectivity index (χ1n) is 7.41. The molecular weight excluding hydrogens is 264 g/mol. The lowest BCUT2D eigenvalue weighted by atomic mass is 10.0. The first kappa shape index (κ1) is 13.8. The van der Waals surface area contributed by atoms with E-state index in [1.807, 2.05) is 19.1 Å². The van der Waals surface area contributed by atoms with Gasteiger partial charge in [-0.25, -0.2) is 4.98 Å². The Hall–Kier alpha value is -2.17. The maximum atomic E-state index is 12.1. The highest BCUT2D eigenvalue weighted by molar-refractivity contribution is 5.90. The van der Waals surface area contributed by atoms with E-state index in [-0.39, 0.29) is 17.8 Å². The van der Waals surface area contributed by atoms with Gasteiger partial charge in [-0.3, -0.25) is 9.89 Å². The fourth-order valence-corrected chi connectivity index (χ4v) is 2.42. The van der Waals surface area contributed by atoms with Crippen LogP contribution < -0.4 is 5.32 Å². The molecule has 1 amide bonds. The number of amides is 1. The van der Waals surface area contributed by atoms with Crippen LogP contribution in [0.25, 0.3) is 0 Å². The predicted octanol–water partition coefficient (Wildman–Crippen LogP) is 2.35. The van der Waals surface area contributed by atoms with Crippen LogP contribution in [0.15, 0.2) is 24.3 Å². The van der Waals surface area contributed by atoms with Crippen molar-refractivity contribution in [3.05, 3.63) is 47.0 Å². The Morgan fingerprint density at radius 1 is 1.43 bits per heavy atom. The molecule has 0 spiro atoms. The van der Waals surface area contributed by atoms with E-state index < -0.39 is 0 Å². The van der Waals surface area contributed by atoms with Gasteiger partial charge in [-0.1, -0.05) is 24.3 Å². The number of carbonyl (C=O) groups is 1. The smallest absolute Gasteiger partial charge is 0.291 e. The number of aromatic nitrogens is 3. The Labute approximate surface area is 124 Å². The maximum Gasteiger partial charge on any atom is 0.291 e. The van der Waals surface area contributed by atoms with Crippen LogP contribution in [0, 0.1) is 6.92 Å². The van der Waals surface area contributed by atoms with Gasteiger partial charge in [0.2, 0.25) is 5.82 Å². The van der Waals surface area contributed by atoms with Gasteiger partial charge in [0.05, 0.1) is 0 Å². The van der Waals surface area contributed by atoms with Crippen molar-refractivity contribution in [2.24, 2.45) is 0 Å². The summed E-state index contributed by atoms with van der Waals surface area (Å²) in [6, 6.07) is 8.27. The molecule has 3 rings (SSSR count). The molecule has 2 N–H and O–H groups in total. The molecule has 1 aromatic heterocycles. The average Bonchev–Trinajstić information content (AvgIpc) is 3.18. The fourth-order valence-electron chi connectivity index (χ4n) is 2.42. The van der Waals surface area contributed by atoms with E-state index in [9.17, 15) is 4.79 Å². The lowest BCUT2D eigenvalue weighted by Gasteiger charge is -2.14. The number of aromatic amines is 1. The van der Waals surface area contributed by atoms with Crippen LogP contribution in [0.1, 0.15) is 53.3 Å². The van der Waals surface area contributed by atoms with Crippen LogP contribution in [0.3, 0.4) is 0 Å². The van der Waals surface area contributed by atoms with Crippen molar-refractivity contribution in [3.8, 4) is 0 Å². The largest absolute Gasteiger partial charge is 0.346 e. The number of carbonyl (C=O) groups excluding carboxylic acids is 1. The maximum absolute atomic E-state index is 12.1. The third-order valence-electron chi connectivity index (χ3n) is 3.83. The number of rotatable bonds is 5. The SMILES string of the molecule is Cc1ccccc1CC(C)NC(=O)c1n[nH]c(C2CC2)n1. The van der Waals surface area contributed by atoms with Gasteiger partial charge >= 0.3 is 0 Å². The van der Waals surface area contributed by atoms with Crippen molar-refractivity contribution < 1.29 is 4.79 Å². The number of aryl methyl sites for hydroxylation is 1. The van der Waals surface area contributed by atoms with E-state index in [0.29, 0.717) is 5.92 Å². The molecule has 1 heterocycles.